The monoisotopic (exact) mass is 684 g/mol. The number of likely N-dealkylation sites (tertiary alicyclic amines) is 1. The van der Waals surface area contributed by atoms with E-state index in [0.717, 1.165) is 0 Å². The van der Waals surface area contributed by atoms with Gasteiger partial charge in [-0.05, 0) is 69.0 Å². The number of halogens is 1. The van der Waals surface area contributed by atoms with E-state index in [9.17, 15) is 23.6 Å². The highest BCUT2D eigenvalue weighted by atomic mass is 19.1. The molecule has 0 unspecified atom stereocenters. The molecule has 14 nitrogen and oxygen atoms in total. The molecule has 5 heterocycles. The lowest BCUT2D eigenvalue weighted by molar-refractivity contribution is -0.144. The summed E-state index contributed by atoms with van der Waals surface area (Å²) in [6.45, 7) is 2.57. The zero-order valence-electron chi connectivity index (χ0n) is 27.5. The molecule has 2 fully saturated rings. The van der Waals surface area contributed by atoms with Crippen molar-refractivity contribution < 1.29 is 32.8 Å². The molecule has 2 atom stereocenters. The number of nitrogens with one attached hydrogen (secondary N) is 2. The van der Waals surface area contributed by atoms with E-state index in [1.165, 1.54) is 24.3 Å². The Balaban J connectivity index is 1.11. The maximum Gasteiger partial charge on any atom is 0.257 e. The highest BCUT2D eigenvalue weighted by molar-refractivity contribution is 5.98. The van der Waals surface area contributed by atoms with Crippen molar-refractivity contribution in [3.05, 3.63) is 94.9 Å². The Morgan fingerprint density at radius 3 is 2.58 bits per heavy atom. The van der Waals surface area contributed by atoms with E-state index < -0.39 is 23.3 Å². The first-order valence-electron chi connectivity index (χ1n) is 16.7. The third kappa shape index (κ3) is 6.80. The third-order valence-corrected chi connectivity index (χ3v) is 9.81. The standard InChI is InChI=1S/C35H37FN8O6/c1-22-31-29(50-40-22)19-37-32(46)28-17-26(44-20-25(39-41-44)21-49-27-5-3-2-4-6-27)11-14-43(28)30(45)18-35(38-33(31)47)12-15-42(16-13-35)34(48)23-7-9-24(36)10-8-23/h2-10,20,26,28H,11-19,21H2,1H3,(H,37,46)(H,38,47)/t26-,28-/m0/s1. The summed E-state index contributed by atoms with van der Waals surface area (Å²) in [5.41, 5.74) is 0.530. The van der Waals surface area contributed by atoms with Crippen molar-refractivity contribution in [2.75, 3.05) is 19.6 Å². The van der Waals surface area contributed by atoms with E-state index in [0.29, 0.717) is 35.5 Å². The van der Waals surface area contributed by atoms with Crippen molar-refractivity contribution in [2.45, 2.75) is 69.8 Å². The maximum absolute atomic E-state index is 14.2. The number of carbonyl (C=O) groups is 4. The van der Waals surface area contributed by atoms with Crippen LogP contribution >= 0.6 is 0 Å². The van der Waals surface area contributed by atoms with E-state index in [-0.39, 0.29) is 87.1 Å². The number of fused-ring (bicyclic) bond motifs is 2. The number of carbonyl (C=O) groups excluding carboxylic acids is 4. The molecule has 0 aliphatic carbocycles. The number of ether oxygens (including phenoxy) is 1. The summed E-state index contributed by atoms with van der Waals surface area (Å²) in [6.07, 6.45) is 3.13. The Labute approximate surface area is 286 Å². The van der Waals surface area contributed by atoms with Gasteiger partial charge >= 0.3 is 0 Å². The molecule has 0 bridgehead atoms. The van der Waals surface area contributed by atoms with Crippen LogP contribution in [0.15, 0.2) is 65.3 Å². The predicted molar refractivity (Wildman–Crippen MR) is 174 cm³/mol. The van der Waals surface area contributed by atoms with Crippen molar-refractivity contribution in [1.29, 1.82) is 0 Å². The molecule has 7 rings (SSSR count). The van der Waals surface area contributed by atoms with Gasteiger partial charge in [0.05, 0.1) is 36.4 Å². The van der Waals surface area contributed by atoms with Crippen LogP contribution in [0.25, 0.3) is 0 Å². The molecule has 15 heteroatoms. The highest BCUT2D eigenvalue weighted by Crippen LogP contribution is 2.33. The van der Waals surface area contributed by atoms with Crippen LogP contribution in [0.3, 0.4) is 0 Å². The fourth-order valence-electron chi connectivity index (χ4n) is 7.03. The van der Waals surface area contributed by atoms with Crippen molar-refractivity contribution in [3.8, 4) is 5.75 Å². The zero-order valence-corrected chi connectivity index (χ0v) is 27.5. The Morgan fingerprint density at radius 1 is 1.06 bits per heavy atom. The number of para-hydroxylation sites is 1. The molecule has 260 valence electrons. The lowest BCUT2D eigenvalue weighted by Gasteiger charge is -2.45. The smallest absolute Gasteiger partial charge is 0.257 e. The predicted octanol–water partition coefficient (Wildman–Crippen LogP) is 2.95. The average Bonchev–Trinajstić information content (AvgIpc) is 3.76. The van der Waals surface area contributed by atoms with E-state index >= 15 is 0 Å². The van der Waals surface area contributed by atoms with Crippen LogP contribution in [0.2, 0.25) is 0 Å². The average molecular weight is 685 g/mol. The number of benzene rings is 2. The fourth-order valence-corrected chi connectivity index (χ4v) is 7.03. The van der Waals surface area contributed by atoms with Gasteiger partial charge in [-0.1, -0.05) is 28.6 Å². The van der Waals surface area contributed by atoms with Gasteiger partial charge in [-0.3, -0.25) is 19.2 Å². The summed E-state index contributed by atoms with van der Waals surface area (Å²) < 4.78 is 26.5. The minimum absolute atomic E-state index is 0.0737. The summed E-state index contributed by atoms with van der Waals surface area (Å²) in [7, 11) is 0. The number of aryl methyl sites for hydroxylation is 1. The molecule has 3 aliphatic rings. The number of hydrogen-bond acceptors (Lipinski definition) is 9. The fraction of sp³-hybridized carbons (Fsp3) is 0.400. The second-order valence-electron chi connectivity index (χ2n) is 13.1. The first-order chi connectivity index (χ1) is 24.2. The summed E-state index contributed by atoms with van der Waals surface area (Å²) in [6, 6.07) is 13.7. The lowest BCUT2D eigenvalue weighted by atomic mass is 9.82. The molecule has 1 spiro atoms. The van der Waals surface area contributed by atoms with Gasteiger partial charge in [0.1, 0.15) is 35.5 Å². The first kappa shape index (κ1) is 32.9. The van der Waals surface area contributed by atoms with E-state index in [1.54, 1.807) is 27.6 Å². The van der Waals surface area contributed by atoms with Gasteiger partial charge in [0, 0.05) is 25.2 Å². The number of aromatic nitrogens is 4. The number of piperidine rings is 2. The number of rotatable bonds is 5. The van der Waals surface area contributed by atoms with Crippen LogP contribution in [-0.2, 0) is 22.7 Å². The van der Waals surface area contributed by atoms with Crippen LogP contribution in [0, 0.1) is 12.7 Å². The molecular formula is C35H37FN8O6. The molecule has 2 saturated heterocycles. The SMILES string of the molecule is Cc1noc2c1C(=O)NC1(CCN(C(=O)c3ccc(F)cc3)CC1)CC(=O)N1CC[C@H](n3cc(COc4ccccc4)nn3)C[C@H]1C(=O)NC2. The number of hydrogen-bond donors (Lipinski definition) is 2. The van der Waals surface area contributed by atoms with Crippen molar-refractivity contribution in [1.82, 2.24) is 40.6 Å². The summed E-state index contributed by atoms with van der Waals surface area (Å²) in [5, 5.41) is 18.5. The van der Waals surface area contributed by atoms with Crippen LogP contribution in [0.1, 0.15) is 76.0 Å². The Hall–Kier alpha value is -5.60. The number of amides is 4. The molecular weight excluding hydrogens is 647 g/mol. The normalized spacial score (nSPS) is 21.0. The summed E-state index contributed by atoms with van der Waals surface area (Å²) in [4.78, 5) is 58.2. The molecule has 0 saturated carbocycles. The largest absolute Gasteiger partial charge is 0.487 e. The summed E-state index contributed by atoms with van der Waals surface area (Å²) in [5.74, 6) is -0.906. The van der Waals surface area contributed by atoms with Crippen molar-refractivity contribution >= 4 is 23.6 Å². The van der Waals surface area contributed by atoms with Crippen LogP contribution in [0.5, 0.6) is 5.75 Å². The lowest BCUT2D eigenvalue weighted by Crippen LogP contribution is -2.60. The summed E-state index contributed by atoms with van der Waals surface area (Å²) >= 11 is 0. The van der Waals surface area contributed by atoms with Crippen molar-refractivity contribution in [3.63, 3.8) is 0 Å². The number of nitrogens with zero attached hydrogens (tertiary/aromatic N) is 6. The minimum atomic E-state index is -1.01. The molecule has 4 amide bonds. The van der Waals surface area contributed by atoms with Gasteiger partial charge in [0.15, 0.2) is 5.76 Å². The van der Waals surface area contributed by atoms with Crippen LogP contribution < -0.4 is 15.4 Å². The van der Waals surface area contributed by atoms with Crippen LogP contribution in [0.4, 0.5) is 4.39 Å². The Morgan fingerprint density at radius 2 is 1.82 bits per heavy atom. The van der Waals surface area contributed by atoms with Gasteiger partial charge < -0.3 is 29.7 Å². The molecule has 4 aromatic rings. The van der Waals surface area contributed by atoms with Gasteiger partial charge in [0.25, 0.3) is 11.8 Å². The molecule has 50 heavy (non-hydrogen) atoms. The Bertz CT molecular complexity index is 1890. The van der Waals surface area contributed by atoms with Gasteiger partial charge in [-0.25, -0.2) is 9.07 Å². The minimum Gasteiger partial charge on any atom is -0.487 e. The van der Waals surface area contributed by atoms with Gasteiger partial charge in [-0.2, -0.15) is 0 Å². The maximum atomic E-state index is 14.2. The Kier molecular flexibility index (Phi) is 9.04. The third-order valence-electron chi connectivity index (χ3n) is 9.81. The van der Waals surface area contributed by atoms with Crippen LogP contribution in [-0.4, -0.2) is 84.8 Å². The molecule has 2 aromatic heterocycles. The molecule has 0 radical (unpaired) electrons. The molecule has 2 N–H and O–H groups in total. The van der Waals surface area contributed by atoms with E-state index in [2.05, 4.69) is 26.1 Å². The van der Waals surface area contributed by atoms with Gasteiger partial charge in [-0.15, -0.1) is 5.10 Å². The van der Waals surface area contributed by atoms with E-state index in [1.807, 2.05) is 30.3 Å². The first-order valence-corrected chi connectivity index (χ1v) is 16.7. The highest BCUT2D eigenvalue weighted by Gasteiger charge is 2.45. The van der Waals surface area contributed by atoms with Gasteiger partial charge in [0.2, 0.25) is 11.8 Å². The molecule has 3 aliphatic heterocycles. The molecule has 2 aromatic carbocycles. The zero-order chi connectivity index (χ0) is 34.8. The second kappa shape index (κ2) is 13.7. The van der Waals surface area contributed by atoms with Crippen molar-refractivity contribution in [2.24, 2.45) is 0 Å². The second-order valence-corrected chi connectivity index (χ2v) is 13.1. The quantitative estimate of drug-likeness (QED) is 0.322. The topological polar surface area (TPSA) is 165 Å². The van der Waals surface area contributed by atoms with E-state index in [4.69, 9.17) is 9.26 Å².